The molecule has 48 heavy (non-hydrogen) atoms. The Hall–Kier alpha value is -1.04. The van der Waals surface area contributed by atoms with Gasteiger partial charge in [0.2, 0.25) is 0 Å². The molecule has 0 saturated carbocycles. The Morgan fingerprint density at radius 1 is 0.375 bits per heavy atom. The van der Waals surface area contributed by atoms with Crippen LogP contribution in [0.5, 0.6) is 0 Å². The van der Waals surface area contributed by atoms with E-state index in [0.717, 1.165) is 5.56 Å². The van der Waals surface area contributed by atoms with Crippen LogP contribution in [0.4, 0.5) is 0 Å². The summed E-state index contributed by atoms with van der Waals surface area (Å²) in [6.45, 7) is 23.6. The smallest absolute Gasteiger partial charge is 0.192 e. The summed E-state index contributed by atoms with van der Waals surface area (Å²) >= 11 is 0. The highest BCUT2D eigenvalue weighted by Gasteiger charge is 2.36. The van der Waals surface area contributed by atoms with Crippen LogP contribution in [-0.4, -0.2) is 154 Å². The average Bonchev–Trinajstić information content (AvgIpc) is 3.06. The first kappa shape index (κ1) is 45.0. The lowest BCUT2D eigenvalue weighted by molar-refractivity contribution is -0.0279. The van der Waals surface area contributed by atoms with Crippen molar-refractivity contribution >= 4 is 8.32 Å². The van der Waals surface area contributed by atoms with E-state index in [9.17, 15) is 0 Å². The first-order chi connectivity index (χ1) is 23.3. The summed E-state index contributed by atoms with van der Waals surface area (Å²) in [6, 6.07) is 10.1. The molecule has 0 spiro atoms. The zero-order chi connectivity index (χ0) is 34.9. The zero-order valence-corrected chi connectivity index (χ0v) is 31.5. The third kappa shape index (κ3) is 28.8. The van der Waals surface area contributed by atoms with Crippen molar-refractivity contribution in [3.05, 3.63) is 35.9 Å². The molecule has 0 bridgehead atoms. The first-order valence-electron chi connectivity index (χ1n) is 17.4. The van der Waals surface area contributed by atoms with Crippen molar-refractivity contribution in [3.8, 4) is 0 Å². The molecule has 1 aromatic carbocycles. The molecule has 0 N–H and O–H groups in total. The number of rotatable bonds is 36. The van der Waals surface area contributed by atoms with Crippen LogP contribution in [0.2, 0.25) is 18.1 Å². The van der Waals surface area contributed by atoms with Gasteiger partial charge in [0.05, 0.1) is 152 Å². The molecule has 0 aliphatic carbocycles. The van der Waals surface area contributed by atoms with Gasteiger partial charge in [0.15, 0.2) is 8.32 Å². The number of hydrogen-bond donors (Lipinski definition) is 0. The second-order valence-electron chi connectivity index (χ2n) is 12.3. The van der Waals surface area contributed by atoms with Crippen LogP contribution in [0, 0.1) is 0 Å². The Labute approximate surface area is 291 Å². The molecule has 12 nitrogen and oxygen atoms in total. The molecule has 0 aliphatic heterocycles. The Morgan fingerprint density at radius 2 is 0.625 bits per heavy atom. The standard InChI is InChI=1S/C35H66O12Si/c1-35(2,3)48(4,5)47-32-31-45-28-27-43-24-23-41-20-19-39-16-15-37-12-11-36-13-14-38-17-18-40-21-22-42-25-26-44-29-30-46-33-34-9-7-6-8-10-34/h6-10H,11-33H2,1-5H3. The minimum atomic E-state index is -1.70. The molecular formula is C35H66O12Si. The van der Waals surface area contributed by atoms with Gasteiger partial charge in [-0.2, -0.15) is 0 Å². The lowest BCUT2D eigenvalue weighted by atomic mass is 10.2. The predicted molar refractivity (Wildman–Crippen MR) is 187 cm³/mol. The fourth-order valence-corrected chi connectivity index (χ4v) is 4.56. The molecule has 0 aromatic heterocycles. The fraction of sp³-hybridized carbons (Fsp3) is 0.829. The van der Waals surface area contributed by atoms with Crippen LogP contribution in [0.15, 0.2) is 30.3 Å². The Morgan fingerprint density at radius 3 is 0.896 bits per heavy atom. The first-order valence-corrected chi connectivity index (χ1v) is 20.3. The van der Waals surface area contributed by atoms with Crippen LogP contribution in [0.25, 0.3) is 0 Å². The molecule has 0 aliphatic rings. The van der Waals surface area contributed by atoms with Gasteiger partial charge in [-0.05, 0) is 23.7 Å². The minimum absolute atomic E-state index is 0.217. The minimum Gasteiger partial charge on any atom is -0.414 e. The van der Waals surface area contributed by atoms with Gasteiger partial charge in [-0.15, -0.1) is 0 Å². The molecule has 0 radical (unpaired) electrons. The number of hydrogen-bond acceptors (Lipinski definition) is 12. The van der Waals surface area contributed by atoms with E-state index in [1.165, 1.54) is 0 Å². The van der Waals surface area contributed by atoms with Crippen LogP contribution in [-0.2, 0) is 63.1 Å². The maximum Gasteiger partial charge on any atom is 0.192 e. The van der Waals surface area contributed by atoms with Crippen molar-refractivity contribution in [2.45, 2.75) is 45.5 Å². The molecule has 0 atom stereocenters. The topological polar surface area (TPSA) is 111 Å². The van der Waals surface area contributed by atoms with Crippen molar-refractivity contribution < 1.29 is 56.5 Å². The highest BCUT2D eigenvalue weighted by molar-refractivity contribution is 6.74. The quantitative estimate of drug-likeness (QED) is 0.0729. The van der Waals surface area contributed by atoms with Gasteiger partial charge >= 0.3 is 0 Å². The van der Waals surface area contributed by atoms with Crippen molar-refractivity contribution in [2.75, 3.05) is 145 Å². The van der Waals surface area contributed by atoms with Gasteiger partial charge in [-0.1, -0.05) is 51.1 Å². The predicted octanol–water partition coefficient (Wildman–Crippen LogP) is 4.39. The molecule has 0 heterocycles. The monoisotopic (exact) mass is 706 g/mol. The average molecular weight is 707 g/mol. The van der Waals surface area contributed by atoms with Crippen LogP contribution < -0.4 is 0 Å². The van der Waals surface area contributed by atoms with Crippen LogP contribution in [0.3, 0.4) is 0 Å². The third-order valence-corrected chi connectivity index (χ3v) is 11.9. The van der Waals surface area contributed by atoms with E-state index in [-0.39, 0.29) is 5.04 Å². The molecule has 0 amide bonds. The normalized spacial score (nSPS) is 12.3. The van der Waals surface area contributed by atoms with Crippen molar-refractivity contribution in [1.29, 1.82) is 0 Å². The molecule has 0 unspecified atom stereocenters. The number of ether oxygens (including phenoxy) is 11. The van der Waals surface area contributed by atoms with Crippen LogP contribution >= 0.6 is 0 Å². The molecular weight excluding hydrogens is 640 g/mol. The molecule has 1 rings (SSSR count). The van der Waals surface area contributed by atoms with Gasteiger partial charge < -0.3 is 56.5 Å². The lowest BCUT2D eigenvalue weighted by Crippen LogP contribution is -2.41. The van der Waals surface area contributed by atoms with E-state index in [1.807, 2.05) is 30.3 Å². The summed E-state index contributed by atoms with van der Waals surface area (Å²) in [4.78, 5) is 0. The van der Waals surface area contributed by atoms with Crippen molar-refractivity contribution in [2.24, 2.45) is 0 Å². The van der Waals surface area contributed by atoms with E-state index in [1.54, 1.807) is 0 Å². The van der Waals surface area contributed by atoms with E-state index < -0.39 is 8.32 Å². The second-order valence-corrected chi connectivity index (χ2v) is 17.1. The summed E-state index contributed by atoms with van der Waals surface area (Å²) in [5, 5.41) is 0.217. The third-order valence-electron chi connectivity index (χ3n) is 7.33. The van der Waals surface area contributed by atoms with Crippen LogP contribution in [0.1, 0.15) is 26.3 Å². The summed E-state index contributed by atoms with van der Waals surface area (Å²) in [6.07, 6.45) is 0. The fourth-order valence-electron chi connectivity index (χ4n) is 3.54. The summed E-state index contributed by atoms with van der Waals surface area (Å²) in [5.41, 5.74) is 1.16. The molecule has 1 aromatic rings. The molecule has 282 valence electrons. The maximum absolute atomic E-state index is 6.08. The highest BCUT2D eigenvalue weighted by atomic mass is 28.4. The second kappa shape index (κ2) is 31.9. The number of benzene rings is 1. The van der Waals surface area contributed by atoms with Gasteiger partial charge in [-0.3, -0.25) is 0 Å². The summed E-state index contributed by atoms with van der Waals surface area (Å²) in [5.74, 6) is 0. The van der Waals surface area contributed by atoms with Gasteiger partial charge in [0, 0.05) is 0 Å². The Balaban J connectivity index is 1.64. The molecule has 0 saturated heterocycles. The Kier molecular flexibility index (Phi) is 29.9. The van der Waals surface area contributed by atoms with E-state index >= 15 is 0 Å². The maximum atomic E-state index is 6.08. The molecule has 13 heteroatoms. The zero-order valence-electron chi connectivity index (χ0n) is 30.5. The molecule has 0 fully saturated rings. The summed E-state index contributed by atoms with van der Waals surface area (Å²) < 4.78 is 66.7. The lowest BCUT2D eigenvalue weighted by Gasteiger charge is -2.36. The van der Waals surface area contributed by atoms with E-state index in [2.05, 4.69) is 33.9 Å². The van der Waals surface area contributed by atoms with E-state index in [4.69, 9.17) is 56.5 Å². The van der Waals surface area contributed by atoms with Crippen molar-refractivity contribution in [3.63, 3.8) is 0 Å². The largest absolute Gasteiger partial charge is 0.414 e. The van der Waals surface area contributed by atoms with Gasteiger partial charge in [-0.25, -0.2) is 0 Å². The highest BCUT2D eigenvalue weighted by Crippen LogP contribution is 2.36. The van der Waals surface area contributed by atoms with E-state index in [0.29, 0.717) is 152 Å². The Bertz CT molecular complexity index is 798. The van der Waals surface area contributed by atoms with Gasteiger partial charge in [0.1, 0.15) is 0 Å². The SMILES string of the molecule is CC(C)(C)[Si](C)(C)OCCOCCOCCOCCOCCOCCOCCOCCOCCOCCOCCOCc1ccccc1. The summed E-state index contributed by atoms with van der Waals surface area (Å²) in [7, 11) is -1.70. The van der Waals surface area contributed by atoms with Crippen molar-refractivity contribution in [1.82, 2.24) is 0 Å². The van der Waals surface area contributed by atoms with Gasteiger partial charge in [0.25, 0.3) is 0 Å².